The number of benzene rings is 3. The number of hydrogen-bond acceptors (Lipinski definition) is 3. The minimum absolute atomic E-state index is 0.188. The number of amides is 1. The normalized spacial score (nSPS) is 13.8. The first-order valence-corrected chi connectivity index (χ1v) is 9.85. The van der Waals surface area contributed by atoms with Gasteiger partial charge in [0.2, 0.25) is 0 Å². The van der Waals surface area contributed by atoms with Crippen molar-refractivity contribution in [2.75, 3.05) is 0 Å². The number of rotatable bonds is 3. The molecule has 0 spiro atoms. The molecule has 1 aliphatic heterocycles. The van der Waals surface area contributed by atoms with Gasteiger partial charge in [0.05, 0.1) is 4.99 Å². The number of carbonyl (C=O) groups excluding carboxylic acids is 1. The Morgan fingerprint density at radius 2 is 1.64 bits per heavy atom. The van der Waals surface area contributed by atoms with Gasteiger partial charge in [-0.05, 0) is 28.0 Å². The van der Waals surface area contributed by atoms with Crippen molar-refractivity contribution in [2.45, 2.75) is 26.7 Å². The summed E-state index contributed by atoms with van der Waals surface area (Å²) in [6, 6.07) is 21.3. The molecule has 3 aromatic carbocycles. The van der Waals surface area contributed by atoms with Crippen molar-refractivity contribution < 1.29 is 9.90 Å². The van der Waals surface area contributed by atoms with Gasteiger partial charge in [0, 0.05) is 24.0 Å². The molecule has 1 heterocycles. The van der Waals surface area contributed by atoms with Crippen molar-refractivity contribution in [3.05, 3.63) is 83.4 Å². The van der Waals surface area contributed by atoms with Gasteiger partial charge in [-0.3, -0.25) is 4.79 Å². The number of aromatic hydroxyl groups is 1. The molecule has 0 aromatic heterocycles. The number of hydrogen-bond donors (Lipinski definition) is 2. The van der Waals surface area contributed by atoms with E-state index in [1.165, 1.54) is 0 Å². The highest BCUT2D eigenvalue weighted by Gasteiger charge is 2.25. The third kappa shape index (κ3) is 3.97. The van der Waals surface area contributed by atoms with E-state index in [9.17, 15) is 9.90 Å². The molecule has 2 N–H and O–H groups in total. The minimum atomic E-state index is -0.188. The largest absolute Gasteiger partial charge is 0.508 e. The summed E-state index contributed by atoms with van der Waals surface area (Å²) in [4.78, 5) is 13.2. The number of nitrogens with one attached hydrogen (secondary N) is 1. The van der Waals surface area contributed by atoms with Crippen LogP contribution in [0.3, 0.4) is 0 Å². The zero-order valence-electron chi connectivity index (χ0n) is 16.0. The molecular weight excluding hydrogens is 366 g/mol. The molecule has 0 radical (unpaired) electrons. The van der Waals surface area contributed by atoms with Crippen LogP contribution in [0.5, 0.6) is 5.75 Å². The summed E-state index contributed by atoms with van der Waals surface area (Å²) >= 11 is 5.26. The first-order valence-electron chi connectivity index (χ1n) is 9.44. The fraction of sp³-hybridized carbons (Fsp3) is 0.167. The maximum Gasteiger partial charge on any atom is 0.252 e. The quantitative estimate of drug-likeness (QED) is 0.589. The van der Waals surface area contributed by atoms with E-state index in [0.717, 1.165) is 27.5 Å². The lowest BCUT2D eigenvalue weighted by Crippen LogP contribution is -2.35. The van der Waals surface area contributed by atoms with E-state index in [2.05, 4.69) is 5.32 Å². The molecular formula is C24H23NO2S. The molecule has 3 aromatic rings. The van der Waals surface area contributed by atoms with Crippen LogP contribution in [0, 0.1) is 0 Å². The van der Waals surface area contributed by atoms with Gasteiger partial charge in [-0.15, -0.1) is 0 Å². The van der Waals surface area contributed by atoms with E-state index in [-0.39, 0.29) is 11.7 Å². The summed E-state index contributed by atoms with van der Waals surface area (Å²) < 4.78 is 0. The molecule has 1 aliphatic rings. The van der Waals surface area contributed by atoms with Crippen molar-refractivity contribution in [1.29, 1.82) is 0 Å². The predicted octanol–water partition coefficient (Wildman–Crippen LogP) is 5.42. The van der Waals surface area contributed by atoms with Gasteiger partial charge >= 0.3 is 0 Å². The minimum Gasteiger partial charge on any atom is -0.508 e. The summed E-state index contributed by atoms with van der Waals surface area (Å²) in [5.41, 5.74) is 3.32. The summed E-state index contributed by atoms with van der Waals surface area (Å²) in [6.07, 6.45) is 0.873. The zero-order chi connectivity index (χ0) is 20.1. The Balaban J connectivity index is 0.00000109. The highest BCUT2D eigenvalue weighted by Crippen LogP contribution is 2.33. The van der Waals surface area contributed by atoms with E-state index >= 15 is 0 Å². The van der Waals surface area contributed by atoms with E-state index < -0.39 is 0 Å². The monoisotopic (exact) mass is 389 g/mol. The van der Waals surface area contributed by atoms with Crippen LogP contribution in [0.25, 0.3) is 16.3 Å². The molecule has 0 atom stereocenters. The summed E-state index contributed by atoms with van der Waals surface area (Å²) in [5.74, 6) is 0.0111. The van der Waals surface area contributed by atoms with Crippen LogP contribution in [-0.2, 0) is 11.2 Å². The van der Waals surface area contributed by atoms with Crippen LogP contribution in [-0.4, -0.2) is 16.0 Å². The van der Waals surface area contributed by atoms with Crippen molar-refractivity contribution in [3.8, 4) is 5.75 Å². The van der Waals surface area contributed by atoms with Gasteiger partial charge in [-0.25, -0.2) is 0 Å². The van der Waals surface area contributed by atoms with Crippen LogP contribution in [0.15, 0.2) is 72.3 Å². The summed E-state index contributed by atoms with van der Waals surface area (Å²) in [5, 5.41) is 15.2. The zero-order valence-corrected chi connectivity index (χ0v) is 16.8. The first kappa shape index (κ1) is 19.8. The second kappa shape index (κ2) is 8.81. The molecule has 0 bridgehead atoms. The molecule has 4 heteroatoms. The maximum atomic E-state index is 12.7. The second-order valence-electron chi connectivity index (χ2n) is 6.34. The number of phenols is 1. The van der Waals surface area contributed by atoms with Crippen molar-refractivity contribution in [2.24, 2.45) is 0 Å². The topological polar surface area (TPSA) is 49.3 Å². The van der Waals surface area contributed by atoms with E-state index in [1.807, 2.05) is 74.5 Å². The average Bonchev–Trinajstić information content (AvgIpc) is 2.73. The van der Waals surface area contributed by atoms with Gasteiger partial charge in [-0.2, -0.15) is 0 Å². The van der Waals surface area contributed by atoms with Crippen molar-refractivity contribution in [1.82, 2.24) is 5.32 Å². The lowest BCUT2D eigenvalue weighted by atomic mass is 9.88. The summed E-state index contributed by atoms with van der Waals surface area (Å²) in [7, 11) is 0. The third-order valence-corrected chi connectivity index (χ3v) is 4.97. The molecule has 0 aliphatic carbocycles. The predicted molar refractivity (Wildman–Crippen MR) is 119 cm³/mol. The van der Waals surface area contributed by atoms with E-state index in [1.54, 1.807) is 6.07 Å². The lowest BCUT2D eigenvalue weighted by molar-refractivity contribution is -0.116. The fourth-order valence-corrected chi connectivity index (χ4v) is 3.68. The smallest absolute Gasteiger partial charge is 0.252 e. The Labute approximate surface area is 170 Å². The highest BCUT2D eigenvalue weighted by molar-refractivity contribution is 7.80. The fourth-order valence-electron chi connectivity index (χ4n) is 3.44. The summed E-state index contributed by atoms with van der Waals surface area (Å²) in [6.45, 7) is 4.00. The van der Waals surface area contributed by atoms with E-state index in [4.69, 9.17) is 12.2 Å². The van der Waals surface area contributed by atoms with Crippen LogP contribution < -0.4 is 5.32 Å². The number of phenolic OH excluding ortho intramolecular Hbond substituents is 1. The number of thiocarbonyl (C=S) groups is 1. The van der Waals surface area contributed by atoms with E-state index in [0.29, 0.717) is 23.4 Å². The van der Waals surface area contributed by atoms with Gasteiger partial charge < -0.3 is 10.4 Å². The Bertz CT molecular complexity index is 1050. The molecule has 1 amide bonds. The van der Waals surface area contributed by atoms with Gasteiger partial charge in [0.1, 0.15) is 5.75 Å². The molecule has 28 heavy (non-hydrogen) atoms. The average molecular weight is 390 g/mol. The number of fused-ring (bicyclic) bond motifs is 1. The molecule has 0 saturated carbocycles. The highest BCUT2D eigenvalue weighted by atomic mass is 32.1. The van der Waals surface area contributed by atoms with Crippen molar-refractivity contribution in [3.63, 3.8) is 0 Å². The van der Waals surface area contributed by atoms with Gasteiger partial charge in [-0.1, -0.05) is 86.7 Å². The third-order valence-electron chi connectivity index (χ3n) is 4.72. The molecule has 4 rings (SSSR count). The van der Waals surface area contributed by atoms with Crippen LogP contribution >= 0.6 is 12.2 Å². The van der Waals surface area contributed by atoms with Crippen LogP contribution in [0.4, 0.5) is 0 Å². The lowest BCUT2D eigenvalue weighted by Gasteiger charge is -2.22. The molecule has 0 fully saturated rings. The van der Waals surface area contributed by atoms with Gasteiger partial charge in [0.15, 0.2) is 0 Å². The second-order valence-corrected chi connectivity index (χ2v) is 6.83. The Morgan fingerprint density at radius 1 is 0.964 bits per heavy atom. The first-order chi connectivity index (χ1) is 13.6. The SMILES string of the molecule is CC.O=C1NC(=S)CC(c2ccccc2)=C1Cc1c(O)ccc2ccccc12. The Hall–Kier alpha value is -2.98. The Morgan fingerprint density at radius 3 is 2.39 bits per heavy atom. The molecule has 142 valence electrons. The molecule has 0 unspecified atom stereocenters. The van der Waals surface area contributed by atoms with Crippen LogP contribution in [0.2, 0.25) is 0 Å². The van der Waals surface area contributed by atoms with Crippen molar-refractivity contribution >= 4 is 39.5 Å². The van der Waals surface area contributed by atoms with Crippen LogP contribution in [0.1, 0.15) is 31.4 Å². The van der Waals surface area contributed by atoms with Gasteiger partial charge in [0.25, 0.3) is 5.91 Å². The standard InChI is InChI=1S/C22H17NO2S.C2H6/c24-20-11-10-15-8-4-5-9-16(15)18(20)12-19-17(13-21(26)23-22(19)25)14-6-2-1-3-7-14;1-2/h1-11,24H,12-13H2,(H,23,25,26);1-2H3. The number of carbonyl (C=O) groups is 1. The molecule has 0 saturated heterocycles. The maximum absolute atomic E-state index is 12.7. The Kier molecular flexibility index (Phi) is 6.22. The molecule has 3 nitrogen and oxygen atoms in total.